The largest absolute Gasteiger partial charge is 0.409 e. The topological polar surface area (TPSA) is 70.6 Å². The number of amidine groups is 1. The van der Waals surface area contributed by atoms with Crippen LogP contribution in [0.1, 0.15) is 25.7 Å². The molecule has 4 N–H and O–H groups in total. The van der Waals surface area contributed by atoms with E-state index < -0.39 is 0 Å². The SMILES string of the molecule is NC(CCCNCC1CC1)=NO. The number of nitrogens with two attached hydrogens (primary N) is 1. The van der Waals surface area contributed by atoms with Gasteiger partial charge in [-0.25, -0.2) is 0 Å². The highest BCUT2D eigenvalue weighted by Gasteiger charge is 2.19. The van der Waals surface area contributed by atoms with E-state index in [1.165, 1.54) is 12.8 Å². The van der Waals surface area contributed by atoms with Crippen molar-refractivity contribution in [1.29, 1.82) is 0 Å². The minimum Gasteiger partial charge on any atom is -0.409 e. The summed E-state index contributed by atoms with van der Waals surface area (Å²) in [5, 5.41) is 14.5. The Hall–Kier alpha value is -0.770. The Morgan fingerprint density at radius 3 is 2.92 bits per heavy atom. The maximum Gasteiger partial charge on any atom is 0.139 e. The zero-order valence-electron chi connectivity index (χ0n) is 7.29. The average Bonchev–Trinajstić information content (AvgIpc) is 2.87. The summed E-state index contributed by atoms with van der Waals surface area (Å²) in [5.74, 6) is 1.25. The molecule has 0 radical (unpaired) electrons. The number of hydrogen-bond donors (Lipinski definition) is 3. The third-order valence-corrected chi connectivity index (χ3v) is 2.04. The van der Waals surface area contributed by atoms with Crippen molar-refractivity contribution >= 4 is 5.84 Å². The van der Waals surface area contributed by atoms with Gasteiger partial charge in [-0.2, -0.15) is 0 Å². The normalized spacial score (nSPS) is 18.2. The quantitative estimate of drug-likeness (QED) is 0.179. The molecule has 0 aromatic rings. The number of rotatable bonds is 6. The summed E-state index contributed by atoms with van der Waals surface area (Å²) in [7, 11) is 0. The second kappa shape index (κ2) is 4.98. The van der Waals surface area contributed by atoms with Crippen molar-refractivity contribution in [3.8, 4) is 0 Å². The van der Waals surface area contributed by atoms with Gasteiger partial charge in [0.15, 0.2) is 0 Å². The molecule has 4 heteroatoms. The fourth-order valence-electron chi connectivity index (χ4n) is 1.07. The maximum absolute atomic E-state index is 8.23. The minimum absolute atomic E-state index is 0.322. The van der Waals surface area contributed by atoms with Crippen molar-refractivity contribution in [2.45, 2.75) is 25.7 Å². The fourth-order valence-corrected chi connectivity index (χ4v) is 1.07. The lowest BCUT2D eigenvalue weighted by Gasteiger charge is -2.01. The van der Waals surface area contributed by atoms with Gasteiger partial charge in [-0.05, 0) is 38.3 Å². The van der Waals surface area contributed by atoms with E-state index in [0.717, 1.165) is 25.4 Å². The molecule has 0 spiro atoms. The molecule has 0 unspecified atom stereocenters. The van der Waals surface area contributed by atoms with Crippen LogP contribution in [0, 0.1) is 5.92 Å². The van der Waals surface area contributed by atoms with Crippen LogP contribution in [0.5, 0.6) is 0 Å². The molecule has 12 heavy (non-hydrogen) atoms. The fraction of sp³-hybridized carbons (Fsp3) is 0.875. The maximum atomic E-state index is 8.23. The molecule has 1 fully saturated rings. The standard InChI is InChI=1S/C8H17N3O/c9-8(11-12)2-1-5-10-6-7-3-4-7/h7,10,12H,1-6H2,(H2,9,11). The lowest BCUT2D eigenvalue weighted by Crippen LogP contribution is -2.20. The molecule has 0 aromatic carbocycles. The van der Waals surface area contributed by atoms with Crippen molar-refractivity contribution in [3.63, 3.8) is 0 Å². The summed E-state index contributed by atoms with van der Waals surface area (Å²) in [4.78, 5) is 0. The number of oxime groups is 1. The van der Waals surface area contributed by atoms with Crippen LogP contribution in [0.15, 0.2) is 5.16 Å². The van der Waals surface area contributed by atoms with Crippen LogP contribution in [0.25, 0.3) is 0 Å². The molecular formula is C8H17N3O. The first-order chi connectivity index (χ1) is 5.83. The third kappa shape index (κ3) is 4.18. The zero-order chi connectivity index (χ0) is 8.81. The average molecular weight is 171 g/mol. The van der Waals surface area contributed by atoms with Crippen molar-refractivity contribution < 1.29 is 5.21 Å². The van der Waals surface area contributed by atoms with Gasteiger partial charge in [0.2, 0.25) is 0 Å². The van der Waals surface area contributed by atoms with Crippen molar-refractivity contribution in [2.75, 3.05) is 13.1 Å². The van der Waals surface area contributed by atoms with Gasteiger partial charge in [-0.1, -0.05) is 5.16 Å². The molecule has 0 atom stereocenters. The van der Waals surface area contributed by atoms with E-state index in [9.17, 15) is 0 Å². The highest BCUT2D eigenvalue weighted by molar-refractivity contribution is 5.79. The first-order valence-corrected chi connectivity index (χ1v) is 4.50. The van der Waals surface area contributed by atoms with Crippen LogP contribution < -0.4 is 11.1 Å². The van der Waals surface area contributed by atoms with Gasteiger partial charge in [-0.15, -0.1) is 0 Å². The van der Waals surface area contributed by atoms with E-state index in [1.54, 1.807) is 0 Å². The first kappa shape index (κ1) is 9.32. The van der Waals surface area contributed by atoms with E-state index in [0.29, 0.717) is 12.3 Å². The predicted molar refractivity (Wildman–Crippen MR) is 48.2 cm³/mol. The highest BCUT2D eigenvalue weighted by Crippen LogP contribution is 2.27. The molecule has 0 aromatic heterocycles. The Kier molecular flexibility index (Phi) is 3.87. The highest BCUT2D eigenvalue weighted by atomic mass is 16.4. The molecule has 70 valence electrons. The lowest BCUT2D eigenvalue weighted by atomic mass is 10.3. The summed E-state index contributed by atoms with van der Waals surface area (Å²) in [6.07, 6.45) is 4.39. The van der Waals surface area contributed by atoms with Crippen LogP contribution in [-0.4, -0.2) is 24.1 Å². The van der Waals surface area contributed by atoms with Crippen LogP contribution in [-0.2, 0) is 0 Å². The van der Waals surface area contributed by atoms with E-state index in [-0.39, 0.29) is 0 Å². The van der Waals surface area contributed by atoms with E-state index in [1.807, 2.05) is 0 Å². The predicted octanol–water partition coefficient (Wildman–Crippen LogP) is 0.513. The Bertz CT molecular complexity index is 154. The summed E-state index contributed by atoms with van der Waals surface area (Å²) < 4.78 is 0. The number of hydrogen-bond acceptors (Lipinski definition) is 3. The van der Waals surface area contributed by atoms with Gasteiger partial charge >= 0.3 is 0 Å². The van der Waals surface area contributed by atoms with Gasteiger partial charge in [0.05, 0.1) is 0 Å². The van der Waals surface area contributed by atoms with Gasteiger partial charge in [0.25, 0.3) is 0 Å². The van der Waals surface area contributed by atoms with Crippen molar-refractivity contribution in [2.24, 2.45) is 16.8 Å². The Labute approximate surface area is 72.8 Å². The number of nitrogens with one attached hydrogen (secondary N) is 1. The third-order valence-electron chi connectivity index (χ3n) is 2.04. The molecule has 0 saturated heterocycles. The van der Waals surface area contributed by atoms with E-state index in [4.69, 9.17) is 10.9 Å². The molecule has 0 amide bonds. The molecule has 1 aliphatic carbocycles. The monoisotopic (exact) mass is 171 g/mol. The number of nitrogens with zero attached hydrogens (tertiary/aromatic N) is 1. The molecular weight excluding hydrogens is 154 g/mol. The van der Waals surface area contributed by atoms with Crippen LogP contribution in [0.4, 0.5) is 0 Å². The first-order valence-electron chi connectivity index (χ1n) is 4.50. The Morgan fingerprint density at radius 1 is 1.58 bits per heavy atom. The van der Waals surface area contributed by atoms with E-state index >= 15 is 0 Å². The smallest absolute Gasteiger partial charge is 0.139 e. The molecule has 0 heterocycles. The second-order valence-electron chi connectivity index (χ2n) is 3.34. The minimum atomic E-state index is 0.322. The van der Waals surface area contributed by atoms with Crippen molar-refractivity contribution in [1.82, 2.24) is 5.32 Å². The second-order valence-corrected chi connectivity index (χ2v) is 3.34. The molecule has 0 bridgehead atoms. The summed E-state index contributed by atoms with van der Waals surface area (Å²) in [6.45, 7) is 2.10. The van der Waals surface area contributed by atoms with Gasteiger partial charge < -0.3 is 16.3 Å². The van der Waals surface area contributed by atoms with Crippen LogP contribution in [0.3, 0.4) is 0 Å². The van der Waals surface area contributed by atoms with Crippen LogP contribution in [0.2, 0.25) is 0 Å². The molecule has 1 saturated carbocycles. The van der Waals surface area contributed by atoms with Crippen molar-refractivity contribution in [3.05, 3.63) is 0 Å². The summed E-state index contributed by atoms with van der Waals surface area (Å²) >= 11 is 0. The van der Waals surface area contributed by atoms with Gasteiger partial charge in [0.1, 0.15) is 5.84 Å². The van der Waals surface area contributed by atoms with Gasteiger partial charge in [0, 0.05) is 6.42 Å². The summed E-state index contributed by atoms with van der Waals surface area (Å²) in [5.41, 5.74) is 5.30. The Balaban J connectivity index is 1.81. The molecule has 1 rings (SSSR count). The van der Waals surface area contributed by atoms with Gasteiger partial charge in [-0.3, -0.25) is 0 Å². The zero-order valence-corrected chi connectivity index (χ0v) is 7.29. The molecule has 1 aliphatic rings. The Morgan fingerprint density at radius 2 is 2.33 bits per heavy atom. The van der Waals surface area contributed by atoms with E-state index in [2.05, 4.69) is 10.5 Å². The summed E-state index contributed by atoms with van der Waals surface area (Å²) in [6, 6.07) is 0. The lowest BCUT2D eigenvalue weighted by molar-refractivity contribution is 0.316. The molecule has 4 nitrogen and oxygen atoms in total. The molecule has 0 aliphatic heterocycles. The van der Waals surface area contributed by atoms with Crippen LogP contribution >= 0.6 is 0 Å².